The molecule has 0 atom stereocenters. The van der Waals surface area contributed by atoms with E-state index < -0.39 is 17.3 Å². The molecule has 0 aliphatic heterocycles. The lowest BCUT2D eigenvalue weighted by Gasteiger charge is -2.16. The van der Waals surface area contributed by atoms with Crippen LogP contribution >= 0.6 is 0 Å². The number of hydrazone groups is 1. The summed E-state index contributed by atoms with van der Waals surface area (Å²) >= 11 is 0. The average molecular weight is 304 g/mol. The molecule has 22 heavy (non-hydrogen) atoms. The molecule has 1 aromatic carbocycles. The Kier molecular flexibility index (Phi) is 5.98. The lowest BCUT2D eigenvalue weighted by Crippen LogP contribution is -2.30. The molecule has 6 heteroatoms. The number of methoxy groups -OCH3 is 1. The van der Waals surface area contributed by atoms with Crippen molar-refractivity contribution >= 4 is 23.4 Å². The second kappa shape index (κ2) is 7.49. The van der Waals surface area contributed by atoms with Gasteiger partial charge in [0.15, 0.2) is 5.71 Å². The van der Waals surface area contributed by atoms with Crippen LogP contribution in [-0.2, 0) is 14.3 Å². The van der Waals surface area contributed by atoms with Gasteiger partial charge in [-0.05, 0) is 12.1 Å². The maximum atomic E-state index is 12.0. The number of nitrogens with one attached hydrogen (secondary N) is 1. The zero-order chi connectivity index (χ0) is 16.8. The lowest BCUT2D eigenvalue weighted by atomic mass is 9.88. The van der Waals surface area contributed by atoms with Gasteiger partial charge in [-0.15, -0.1) is 0 Å². The fourth-order valence-corrected chi connectivity index (χ4v) is 1.46. The van der Waals surface area contributed by atoms with Gasteiger partial charge in [0.2, 0.25) is 0 Å². The summed E-state index contributed by atoms with van der Waals surface area (Å²) < 4.78 is 4.59. The topological polar surface area (TPSA) is 84.8 Å². The summed E-state index contributed by atoms with van der Waals surface area (Å²) in [5.41, 5.74) is 1.92. The summed E-state index contributed by atoms with van der Waals surface area (Å²) in [6.07, 6.45) is -0.203. The van der Waals surface area contributed by atoms with E-state index in [2.05, 4.69) is 15.3 Å². The van der Waals surface area contributed by atoms with Crippen molar-refractivity contribution in [1.82, 2.24) is 5.43 Å². The molecule has 6 nitrogen and oxygen atoms in total. The van der Waals surface area contributed by atoms with Crippen LogP contribution in [0.25, 0.3) is 0 Å². The highest BCUT2D eigenvalue weighted by atomic mass is 16.5. The van der Waals surface area contributed by atoms with E-state index in [1.165, 1.54) is 7.11 Å². The molecule has 0 radical (unpaired) electrons. The van der Waals surface area contributed by atoms with Crippen LogP contribution in [0.1, 0.15) is 37.6 Å². The highest BCUT2D eigenvalue weighted by Gasteiger charge is 2.26. The minimum Gasteiger partial charge on any atom is -0.464 e. The number of benzene rings is 1. The van der Waals surface area contributed by atoms with E-state index in [1.807, 2.05) is 0 Å². The normalized spacial score (nSPS) is 11.7. The van der Waals surface area contributed by atoms with Gasteiger partial charge in [-0.2, -0.15) is 5.10 Å². The number of hydrogen-bond donors (Lipinski definition) is 1. The number of ether oxygens (including phenoxy) is 1. The Bertz CT molecular complexity index is 586. The van der Waals surface area contributed by atoms with Crippen LogP contribution in [0.5, 0.6) is 0 Å². The molecule has 0 heterocycles. The van der Waals surface area contributed by atoms with E-state index >= 15 is 0 Å². The van der Waals surface area contributed by atoms with Gasteiger partial charge < -0.3 is 4.74 Å². The summed E-state index contributed by atoms with van der Waals surface area (Å²) in [5, 5.41) is 3.75. The number of rotatable bonds is 5. The molecule has 0 aliphatic carbocycles. The Hall–Kier alpha value is -2.50. The van der Waals surface area contributed by atoms with Gasteiger partial charge in [0, 0.05) is 11.0 Å². The van der Waals surface area contributed by atoms with Crippen molar-refractivity contribution in [2.45, 2.75) is 27.2 Å². The highest BCUT2D eigenvalue weighted by Crippen LogP contribution is 2.17. The van der Waals surface area contributed by atoms with Crippen LogP contribution in [0, 0.1) is 5.41 Å². The van der Waals surface area contributed by atoms with Crippen LogP contribution in [0.15, 0.2) is 35.4 Å². The number of hydrogen-bond acceptors (Lipinski definition) is 5. The third-order valence-corrected chi connectivity index (χ3v) is 2.91. The Morgan fingerprint density at radius 1 is 1.14 bits per heavy atom. The van der Waals surface area contributed by atoms with Gasteiger partial charge in [0.05, 0.1) is 13.5 Å². The van der Waals surface area contributed by atoms with Gasteiger partial charge in [-0.1, -0.05) is 39.0 Å². The second-order valence-electron chi connectivity index (χ2n) is 5.71. The van der Waals surface area contributed by atoms with E-state index in [1.54, 1.807) is 51.1 Å². The molecule has 0 fully saturated rings. The zero-order valence-electron chi connectivity index (χ0n) is 13.2. The highest BCUT2D eigenvalue weighted by molar-refractivity contribution is 6.40. The van der Waals surface area contributed by atoms with Crippen LogP contribution in [0.3, 0.4) is 0 Å². The van der Waals surface area contributed by atoms with Crippen molar-refractivity contribution in [3.05, 3.63) is 35.9 Å². The van der Waals surface area contributed by atoms with Crippen molar-refractivity contribution in [2.75, 3.05) is 7.11 Å². The SMILES string of the molecule is COC(=O)/C(CC(=O)C(C)(C)C)=N\NC(=O)c1ccccc1. The fraction of sp³-hybridized carbons (Fsp3) is 0.375. The number of esters is 1. The molecule has 1 N–H and O–H groups in total. The lowest BCUT2D eigenvalue weighted by molar-refractivity contribution is -0.134. The van der Waals surface area contributed by atoms with Crippen LogP contribution < -0.4 is 5.43 Å². The molecule has 1 amide bonds. The predicted octanol–water partition coefficient (Wildman–Crippen LogP) is 1.95. The van der Waals surface area contributed by atoms with E-state index in [-0.39, 0.29) is 17.9 Å². The Labute approximate surface area is 129 Å². The van der Waals surface area contributed by atoms with Crippen LogP contribution in [0.2, 0.25) is 0 Å². The molecule has 0 saturated heterocycles. The van der Waals surface area contributed by atoms with E-state index in [0.29, 0.717) is 5.56 Å². The van der Waals surface area contributed by atoms with E-state index in [9.17, 15) is 14.4 Å². The number of carbonyl (C=O) groups excluding carboxylic acids is 3. The fourth-order valence-electron chi connectivity index (χ4n) is 1.46. The summed E-state index contributed by atoms with van der Waals surface area (Å²) in [4.78, 5) is 35.6. The zero-order valence-corrected chi connectivity index (χ0v) is 13.2. The maximum absolute atomic E-state index is 12.0. The number of carbonyl (C=O) groups is 3. The average Bonchev–Trinajstić information content (AvgIpc) is 2.49. The van der Waals surface area contributed by atoms with Gasteiger partial charge in [0.25, 0.3) is 5.91 Å². The summed E-state index contributed by atoms with van der Waals surface area (Å²) in [7, 11) is 1.19. The first kappa shape index (κ1) is 17.6. The van der Waals surface area contributed by atoms with Crippen molar-refractivity contribution in [1.29, 1.82) is 0 Å². The first-order chi connectivity index (χ1) is 10.3. The van der Waals surface area contributed by atoms with Gasteiger partial charge in [0.1, 0.15) is 5.78 Å². The Morgan fingerprint density at radius 3 is 2.23 bits per heavy atom. The summed E-state index contributed by atoms with van der Waals surface area (Å²) in [5.74, 6) is -1.39. The molecular formula is C16H20N2O4. The van der Waals surface area contributed by atoms with Crippen molar-refractivity contribution < 1.29 is 19.1 Å². The number of nitrogens with zero attached hydrogens (tertiary/aromatic N) is 1. The molecule has 1 aromatic rings. The molecule has 0 aromatic heterocycles. The minimum absolute atomic E-state index is 0.133. The summed E-state index contributed by atoms with van der Waals surface area (Å²) in [6.45, 7) is 5.23. The number of amides is 1. The van der Waals surface area contributed by atoms with Crippen molar-refractivity contribution in [3.8, 4) is 0 Å². The second-order valence-corrected chi connectivity index (χ2v) is 5.71. The molecule has 0 spiro atoms. The Balaban J connectivity index is 2.86. The number of Topliss-reactive ketones (excluding diaryl/α,β-unsaturated/α-hetero) is 1. The monoisotopic (exact) mass is 304 g/mol. The Morgan fingerprint density at radius 2 is 1.73 bits per heavy atom. The van der Waals surface area contributed by atoms with Gasteiger partial charge in [-0.3, -0.25) is 9.59 Å². The number of ketones is 1. The largest absolute Gasteiger partial charge is 0.464 e. The molecule has 0 aliphatic rings. The van der Waals surface area contributed by atoms with Gasteiger partial charge in [-0.25, -0.2) is 10.2 Å². The molecule has 1 rings (SSSR count). The third-order valence-electron chi connectivity index (χ3n) is 2.91. The minimum atomic E-state index is -0.744. The molecule has 118 valence electrons. The van der Waals surface area contributed by atoms with Crippen LogP contribution in [0.4, 0.5) is 0 Å². The smallest absolute Gasteiger partial charge is 0.354 e. The predicted molar refractivity (Wildman–Crippen MR) is 82.4 cm³/mol. The first-order valence-electron chi connectivity index (χ1n) is 6.79. The van der Waals surface area contributed by atoms with Crippen molar-refractivity contribution in [2.24, 2.45) is 10.5 Å². The van der Waals surface area contributed by atoms with E-state index in [0.717, 1.165) is 0 Å². The van der Waals surface area contributed by atoms with Crippen molar-refractivity contribution in [3.63, 3.8) is 0 Å². The third kappa shape index (κ3) is 5.12. The maximum Gasteiger partial charge on any atom is 0.354 e. The van der Waals surface area contributed by atoms with E-state index in [4.69, 9.17) is 0 Å². The standard InChI is InChI=1S/C16H20N2O4/c1-16(2,3)13(19)10-12(15(21)22-4)17-18-14(20)11-8-6-5-7-9-11/h5-9H,10H2,1-4H3,(H,18,20)/b17-12-. The molecule has 0 bridgehead atoms. The quantitative estimate of drug-likeness (QED) is 0.512. The van der Waals surface area contributed by atoms with Crippen LogP contribution in [-0.4, -0.2) is 30.5 Å². The summed E-state index contributed by atoms with van der Waals surface area (Å²) in [6, 6.07) is 8.43. The molecular weight excluding hydrogens is 284 g/mol. The molecule has 0 saturated carbocycles. The molecule has 0 unspecified atom stereocenters. The van der Waals surface area contributed by atoms with Gasteiger partial charge >= 0.3 is 5.97 Å². The first-order valence-corrected chi connectivity index (χ1v) is 6.79.